The molecule has 5 aromatic heterocycles. The van der Waals surface area contributed by atoms with E-state index < -0.39 is 0 Å². The Morgan fingerprint density at radius 3 is 1.69 bits per heavy atom. The average Bonchev–Trinajstić information content (AvgIpc) is 4.08. The van der Waals surface area contributed by atoms with Gasteiger partial charge < -0.3 is 4.57 Å². The van der Waals surface area contributed by atoms with Gasteiger partial charge in [-0.15, -0.1) is 0 Å². The third-order valence-electron chi connectivity index (χ3n) is 12.3. The molecule has 0 fully saturated rings. The maximum Gasteiger partial charge on any atom is 0.220 e. The molecule has 0 bridgehead atoms. The van der Waals surface area contributed by atoms with Gasteiger partial charge in [0.05, 0.1) is 55.5 Å². The van der Waals surface area contributed by atoms with Gasteiger partial charge in [0.2, 0.25) is 11.7 Å². The van der Waals surface area contributed by atoms with Crippen LogP contribution in [-0.4, -0.2) is 32.6 Å². The number of imidazole rings is 3. The number of fused-ring (bicyclic) bond motifs is 11. The number of rotatable bonds is 6. The SMILES string of the molecule is CC(C)c1cccc(C(C)C)c1-n1ccnc1-n1c2ccccc2c2cc3c4ccccc4n(-c4cccc(-n5c6ccccc6n6c7ccccc7nc56)c4)c3cc21. The highest BCUT2D eigenvalue weighted by atomic mass is 15.2. The second-order valence-electron chi connectivity index (χ2n) is 16.4. The van der Waals surface area contributed by atoms with Crippen LogP contribution in [0.3, 0.4) is 0 Å². The molecule has 0 unspecified atom stereocenters. The van der Waals surface area contributed by atoms with Crippen molar-refractivity contribution >= 4 is 71.5 Å². The Kier molecular flexibility index (Phi) is 7.18. The van der Waals surface area contributed by atoms with Crippen LogP contribution in [0.2, 0.25) is 0 Å². The molecule has 0 saturated heterocycles. The van der Waals surface area contributed by atoms with Crippen molar-refractivity contribution in [2.24, 2.45) is 0 Å². The maximum absolute atomic E-state index is 5.18. The number of benzene rings is 7. The largest absolute Gasteiger partial charge is 0.309 e. The van der Waals surface area contributed by atoms with E-state index >= 15 is 0 Å². The van der Waals surface area contributed by atoms with Gasteiger partial charge in [0.15, 0.2) is 0 Å². The van der Waals surface area contributed by atoms with E-state index in [1.165, 1.54) is 38.4 Å². The van der Waals surface area contributed by atoms with Crippen molar-refractivity contribution in [1.29, 1.82) is 0 Å². The number of hydrogen-bond donors (Lipinski definition) is 0. The fourth-order valence-corrected chi connectivity index (χ4v) is 9.73. The molecule has 0 aliphatic heterocycles. The van der Waals surface area contributed by atoms with E-state index in [2.05, 4.69) is 208 Å². The number of nitrogens with zero attached hydrogens (tertiary/aromatic N) is 7. The van der Waals surface area contributed by atoms with E-state index in [-0.39, 0.29) is 0 Å². The van der Waals surface area contributed by atoms with Crippen LogP contribution in [0.15, 0.2) is 164 Å². The summed E-state index contributed by atoms with van der Waals surface area (Å²) in [6, 6.07) is 55.0. The van der Waals surface area contributed by atoms with Crippen molar-refractivity contribution in [1.82, 2.24) is 32.6 Å². The normalized spacial score (nSPS) is 12.4. The van der Waals surface area contributed by atoms with E-state index in [1.54, 1.807) is 0 Å². The molecule has 0 N–H and O–H groups in total. The summed E-state index contributed by atoms with van der Waals surface area (Å²) in [5, 5.41) is 4.84. The van der Waals surface area contributed by atoms with Crippen molar-refractivity contribution in [3.63, 3.8) is 0 Å². The van der Waals surface area contributed by atoms with Gasteiger partial charge in [-0.2, -0.15) is 0 Å². The highest BCUT2D eigenvalue weighted by molar-refractivity contribution is 6.19. The van der Waals surface area contributed by atoms with Gasteiger partial charge in [-0.3, -0.25) is 18.1 Å². The molecule has 0 spiro atoms. The molecule has 284 valence electrons. The minimum Gasteiger partial charge on any atom is -0.309 e. The highest BCUT2D eigenvalue weighted by Gasteiger charge is 2.24. The van der Waals surface area contributed by atoms with Gasteiger partial charge in [0.1, 0.15) is 0 Å². The van der Waals surface area contributed by atoms with E-state index in [0.29, 0.717) is 11.8 Å². The minimum atomic E-state index is 0.344. The van der Waals surface area contributed by atoms with E-state index in [9.17, 15) is 0 Å². The first kappa shape index (κ1) is 33.7. The van der Waals surface area contributed by atoms with Gasteiger partial charge in [-0.05, 0) is 89.7 Å². The molecule has 12 aromatic rings. The summed E-state index contributed by atoms with van der Waals surface area (Å²) >= 11 is 0. The summed E-state index contributed by atoms with van der Waals surface area (Å²) in [7, 11) is 0. The van der Waals surface area contributed by atoms with Crippen LogP contribution < -0.4 is 0 Å². The Morgan fingerprint density at radius 2 is 1.00 bits per heavy atom. The summed E-state index contributed by atoms with van der Waals surface area (Å²) in [6.07, 6.45) is 4.08. The fraction of sp³-hybridized carbons (Fsp3) is 0.115. The molecule has 0 aliphatic carbocycles. The van der Waals surface area contributed by atoms with Crippen LogP contribution in [0.1, 0.15) is 50.7 Å². The Labute approximate surface area is 340 Å². The first-order valence-corrected chi connectivity index (χ1v) is 20.6. The second kappa shape index (κ2) is 12.6. The van der Waals surface area contributed by atoms with Crippen LogP contribution in [0.5, 0.6) is 0 Å². The van der Waals surface area contributed by atoms with Crippen molar-refractivity contribution in [2.45, 2.75) is 39.5 Å². The first-order chi connectivity index (χ1) is 29.0. The molecule has 12 rings (SSSR count). The molecular weight excluding hydrogens is 723 g/mol. The highest BCUT2D eigenvalue weighted by Crippen LogP contribution is 2.41. The third kappa shape index (κ3) is 4.76. The molecule has 0 radical (unpaired) electrons. The topological polar surface area (TPSA) is 49.9 Å². The van der Waals surface area contributed by atoms with E-state index in [1.807, 2.05) is 6.20 Å². The van der Waals surface area contributed by atoms with Crippen molar-refractivity contribution in [3.05, 3.63) is 175 Å². The standard InChI is InChI=1S/C52H41N7/c1-32(2)36-19-14-20-37(33(3)4)50(36)55-28-27-53-51(55)58-44-23-9-6-18-39(44)41-30-40-38-17-5-8-22-43(38)56(48(40)31-49(41)58)34-15-13-16-35(29-34)57-46-25-11-12-26-47(46)59-45-24-10-7-21-42(45)54-52(57)59/h5-33H,1-4H3. The molecular formula is C52H41N7. The van der Waals surface area contributed by atoms with Crippen molar-refractivity contribution in [2.75, 3.05) is 0 Å². The lowest BCUT2D eigenvalue weighted by Crippen LogP contribution is -2.11. The first-order valence-electron chi connectivity index (χ1n) is 20.6. The summed E-state index contributed by atoms with van der Waals surface area (Å²) in [5.74, 6) is 2.46. The van der Waals surface area contributed by atoms with Gasteiger partial charge in [0, 0.05) is 39.6 Å². The maximum atomic E-state index is 5.18. The van der Waals surface area contributed by atoms with Crippen LogP contribution in [0.4, 0.5) is 0 Å². The third-order valence-corrected chi connectivity index (χ3v) is 12.3. The van der Waals surface area contributed by atoms with Crippen molar-refractivity contribution in [3.8, 4) is 23.0 Å². The summed E-state index contributed by atoms with van der Waals surface area (Å²) in [6.45, 7) is 9.12. The number of para-hydroxylation sites is 7. The second-order valence-corrected chi connectivity index (χ2v) is 16.4. The van der Waals surface area contributed by atoms with Crippen LogP contribution >= 0.6 is 0 Å². The van der Waals surface area contributed by atoms with Crippen LogP contribution in [0, 0.1) is 0 Å². The van der Waals surface area contributed by atoms with Crippen LogP contribution in [-0.2, 0) is 0 Å². The van der Waals surface area contributed by atoms with Crippen molar-refractivity contribution < 1.29 is 0 Å². The zero-order valence-corrected chi connectivity index (χ0v) is 33.4. The summed E-state index contributed by atoms with van der Waals surface area (Å²) in [5.41, 5.74) is 14.8. The molecule has 7 heteroatoms. The molecule has 0 saturated carbocycles. The lowest BCUT2D eigenvalue weighted by Gasteiger charge is -2.22. The predicted octanol–water partition coefficient (Wildman–Crippen LogP) is 13.1. The molecule has 0 aliphatic rings. The molecule has 0 amide bonds. The zero-order chi connectivity index (χ0) is 39.5. The Morgan fingerprint density at radius 1 is 0.441 bits per heavy atom. The summed E-state index contributed by atoms with van der Waals surface area (Å²) in [4.78, 5) is 10.3. The lowest BCUT2D eigenvalue weighted by atomic mass is 9.92. The van der Waals surface area contributed by atoms with Gasteiger partial charge in [-0.25, -0.2) is 9.97 Å². The molecule has 59 heavy (non-hydrogen) atoms. The predicted molar refractivity (Wildman–Crippen MR) is 244 cm³/mol. The molecule has 0 atom stereocenters. The Balaban J connectivity index is 1.14. The molecule has 5 heterocycles. The van der Waals surface area contributed by atoms with Crippen LogP contribution in [0.25, 0.3) is 94.5 Å². The fourth-order valence-electron chi connectivity index (χ4n) is 9.73. The lowest BCUT2D eigenvalue weighted by molar-refractivity contribution is 0.796. The van der Waals surface area contributed by atoms with Gasteiger partial charge >= 0.3 is 0 Å². The Hall–Kier alpha value is -7.38. The zero-order valence-electron chi connectivity index (χ0n) is 33.4. The monoisotopic (exact) mass is 763 g/mol. The number of hydrogen-bond acceptors (Lipinski definition) is 2. The smallest absolute Gasteiger partial charge is 0.220 e. The quantitative estimate of drug-likeness (QED) is 0.169. The van der Waals surface area contributed by atoms with Gasteiger partial charge in [-0.1, -0.05) is 113 Å². The van der Waals surface area contributed by atoms with E-state index in [4.69, 9.17) is 9.97 Å². The van der Waals surface area contributed by atoms with Gasteiger partial charge in [0.25, 0.3) is 0 Å². The van der Waals surface area contributed by atoms with E-state index in [0.717, 1.165) is 67.2 Å². The Bertz CT molecular complexity index is 3610. The molecule has 7 aromatic carbocycles. The minimum absolute atomic E-state index is 0.344. The number of aromatic nitrogens is 7. The summed E-state index contributed by atoms with van der Waals surface area (Å²) < 4.78 is 11.7. The molecule has 7 nitrogen and oxygen atoms in total. The average molecular weight is 764 g/mol.